The van der Waals surface area contributed by atoms with E-state index in [1.807, 2.05) is 0 Å². The van der Waals surface area contributed by atoms with E-state index in [0.717, 1.165) is 64.2 Å². The SMILES string of the molecule is CCCCCCCCC/C=C\CCCCCCCCCC(=O)OCC(COC(=O)CCCCCCC)OC(=O)CCCCCCCCC. The summed E-state index contributed by atoms with van der Waals surface area (Å²) in [5, 5.41) is 0. The van der Waals surface area contributed by atoms with E-state index < -0.39 is 6.10 Å². The maximum absolute atomic E-state index is 12.5. The number of carbonyl (C=O) groups excluding carboxylic acids is 3. The maximum atomic E-state index is 12.5. The van der Waals surface area contributed by atoms with Crippen LogP contribution in [0.4, 0.5) is 0 Å². The van der Waals surface area contributed by atoms with E-state index in [1.54, 1.807) is 0 Å². The molecule has 0 aliphatic heterocycles. The van der Waals surface area contributed by atoms with Gasteiger partial charge in [0.1, 0.15) is 13.2 Å². The topological polar surface area (TPSA) is 78.9 Å². The Labute approximate surface area is 297 Å². The molecule has 6 heteroatoms. The van der Waals surface area contributed by atoms with Gasteiger partial charge in [0.05, 0.1) is 0 Å². The third-order valence-electron chi connectivity index (χ3n) is 9.02. The molecular weight excluding hydrogens is 600 g/mol. The van der Waals surface area contributed by atoms with E-state index in [1.165, 1.54) is 116 Å². The summed E-state index contributed by atoms with van der Waals surface area (Å²) in [5.41, 5.74) is 0. The quantitative estimate of drug-likeness (QED) is 0.0282. The van der Waals surface area contributed by atoms with Crippen molar-refractivity contribution in [3.63, 3.8) is 0 Å². The Morgan fingerprint density at radius 2 is 0.688 bits per heavy atom. The number of ether oxygens (including phenoxy) is 3. The molecule has 0 fully saturated rings. The third kappa shape index (κ3) is 35.5. The largest absolute Gasteiger partial charge is 0.462 e. The fraction of sp³-hybridized carbons (Fsp3) is 0.881. The minimum absolute atomic E-state index is 0.0706. The van der Waals surface area contributed by atoms with Crippen molar-refractivity contribution in [3.8, 4) is 0 Å². The van der Waals surface area contributed by atoms with E-state index in [9.17, 15) is 14.4 Å². The Morgan fingerprint density at radius 1 is 0.396 bits per heavy atom. The molecule has 0 saturated carbocycles. The summed E-state index contributed by atoms with van der Waals surface area (Å²) >= 11 is 0. The van der Waals surface area contributed by atoms with Gasteiger partial charge in [-0.3, -0.25) is 14.4 Å². The van der Waals surface area contributed by atoms with Gasteiger partial charge in [-0.1, -0.05) is 168 Å². The molecular formula is C42H78O6. The number of hydrogen-bond donors (Lipinski definition) is 0. The zero-order chi connectivity index (χ0) is 35.2. The molecule has 0 saturated heterocycles. The lowest BCUT2D eigenvalue weighted by atomic mass is 10.1. The molecule has 0 bridgehead atoms. The van der Waals surface area contributed by atoms with Crippen LogP contribution in [0.15, 0.2) is 12.2 Å². The monoisotopic (exact) mass is 679 g/mol. The predicted molar refractivity (Wildman–Crippen MR) is 201 cm³/mol. The van der Waals surface area contributed by atoms with Gasteiger partial charge in [0.2, 0.25) is 0 Å². The third-order valence-corrected chi connectivity index (χ3v) is 9.02. The lowest BCUT2D eigenvalue weighted by molar-refractivity contribution is -0.167. The van der Waals surface area contributed by atoms with Crippen molar-refractivity contribution in [1.82, 2.24) is 0 Å². The lowest BCUT2D eigenvalue weighted by Crippen LogP contribution is -2.30. The fourth-order valence-corrected chi connectivity index (χ4v) is 5.85. The highest BCUT2D eigenvalue weighted by Crippen LogP contribution is 2.14. The summed E-state index contributed by atoms with van der Waals surface area (Å²) < 4.78 is 16.5. The lowest BCUT2D eigenvalue weighted by Gasteiger charge is -2.18. The average Bonchev–Trinajstić information content (AvgIpc) is 3.08. The van der Waals surface area contributed by atoms with Gasteiger partial charge in [0.15, 0.2) is 6.10 Å². The summed E-state index contributed by atoms with van der Waals surface area (Å²) in [7, 11) is 0. The second kappa shape index (κ2) is 38.0. The van der Waals surface area contributed by atoms with Gasteiger partial charge in [-0.2, -0.15) is 0 Å². The van der Waals surface area contributed by atoms with Crippen molar-refractivity contribution in [2.24, 2.45) is 0 Å². The second-order valence-electron chi connectivity index (χ2n) is 13.9. The average molecular weight is 679 g/mol. The Kier molecular flexibility index (Phi) is 36.5. The summed E-state index contributed by atoms with van der Waals surface area (Å²) in [5.74, 6) is -0.894. The maximum Gasteiger partial charge on any atom is 0.306 e. The minimum atomic E-state index is -0.759. The molecule has 1 atom stereocenters. The van der Waals surface area contributed by atoms with Crippen molar-refractivity contribution in [2.45, 2.75) is 226 Å². The van der Waals surface area contributed by atoms with Crippen LogP contribution in [0.5, 0.6) is 0 Å². The van der Waals surface area contributed by atoms with Gasteiger partial charge in [-0.15, -0.1) is 0 Å². The van der Waals surface area contributed by atoms with Crippen molar-refractivity contribution in [1.29, 1.82) is 0 Å². The van der Waals surface area contributed by atoms with Crippen LogP contribution in [0.1, 0.15) is 220 Å². The Balaban J connectivity index is 4.11. The number of allylic oxidation sites excluding steroid dienone is 2. The number of esters is 3. The van der Waals surface area contributed by atoms with E-state index in [2.05, 4.69) is 32.9 Å². The summed E-state index contributed by atoms with van der Waals surface area (Å²) in [4.78, 5) is 37.2. The summed E-state index contributed by atoms with van der Waals surface area (Å²) in [6, 6.07) is 0. The molecule has 0 radical (unpaired) electrons. The van der Waals surface area contributed by atoms with Crippen LogP contribution in [0.3, 0.4) is 0 Å². The molecule has 0 aromatic carbocycles. The highest BCUT2D eigenvalue weighted by atomic mass is 16.6. The molecule has 48 heavy (non-hydrogen) atoms. The number of unbranched alkanes of at least 4 members (excludes halogenated alkanes) is 24. The Morgan fingerprint density at radius 3 is 1.04 bits per heavy atom. The van der Waals surface area contributed by atoms with E-state index in [0.29, 0.717) is 19.3 Å². The summed E-state index contributed by atoms with van der Waals surface area (Å²) in [6.07, 6.45) is 38.1. The van der Waals surface area contributed by atoms with Gasteiger partial charge < -0.3 is 14.2 Å². The summed E-state index contributed by atoms with van der Waals surface area (Å²) in [6.45, 7) is 6.50. The Hall–Kier alpha value is -1.85. The first kappa shape index (κ1) is 46.1. The van der Waals surface area contributed by atoms with E-state index in [4.69, 9.17) is 14.2 Å². The predicted octanol–water partition coefficient (Wildman–Crippen LogP) is 12.7. The molecule has 282 valence electrons. The van der Waals surface area contributed by atoms with Crippen LogP contribution in [0.2, 0.25) is 0 Å². The van der Waals surface area contributed by atoms with Gasteiger partial charge in [-0.05, 0) is 44.9 Å². The standard InChI is InChI=1S/C42H78O6/c1-4-7-10-13-15-16-17-18-19-20-21-22-23-24-25-27-29-32-35-41(44)47-38-39(37-46-40(43)34-31-28-12-9-6-3)48-42(45)36-33-30-26-14-11-8-5-2/h19-20,39H,4-18,21-38H2,1-3H3/b20-19-. The van der Waals surface area contributed by atoms with Crippen LogP contribution in [0.25, 0.3) is 0 Å². The molecule has 0 heterocycles. The van der Waals surface area contributed by atoms with Crippen LogP contribution >= 0.6 is 0 Å². The molecule has 0 rings (SSSR count). The number of hydrogen-bond acceptors (Lipinski definition) is 6. The van der Waals surface area contributed by atoms with Gasteiger partial charge in [0.25, 0.3) is 0 Å². The molecule has 1 unspecified atom stereocenters. The van der Waals surface area contributed by atoms with Crippen LogP contribution in [-0.4, -0.2) is 37.2 Å². The zero-order valence-electron chi connectivity index (χ0n) is 32.0. The van der Waals surface area contributed by atoms with Gasteiger partial charge in [0, 0.05) is 19.3 Å². The minimum Gasteiger partial charge on any atom is -0.462 e. The van der Waals surface area contributed by atoms with Crippen molar-refractivity contribution < 1.29 is 28.6 Å². The molecule has 0 aliphatic carbocycles. The fourth-order valence-electron chi connectivity index (χ4n) is 5.85. The molecule has 0 amide bonds. The van der Waals surface area contributed by atoms with Crippen LogP contribution < -0.4 is 0 Å². The van der Waals surface area contributed by atoms with Gasteiger partial charge >= 0.3 is 17.9 Å². The van der Waals surface area contributed by atoms with Crippen LogP contribution in [0, 0.1) is 0 Å². The van der Waals surface area contributed by atoms with Crippen molar-refractivity contribution in [2.75, 3.05) is 13.2 Å². The van der Waals surface area contributed by atoms with E-state index >= 15 is 0 Å². The molecule has 6 nitrogen and oxygen atoms in total. The normalized spacial score (nSPS) is 12.0. The highest BCUT2D eigenvalue weighted by molar-refractivity contribution is 5.71. The van der Waals surface area contributed by atoms with Crippen molar-refractivity contribution in [3.05, 3.63) is 12.2 Å². The Bertz CT molecular complexity index is 748. The molecule has 0 aromatic heterocycles. The van der Waals surface area contributed by atoms with Gasteiger partial charge in [-0.25, -0.2) is 0 Å². The number of rotatable bonds is 37. The second-order valence-corrected chi connectivity index (χ2v) is 13.9. The first-order valence-electron chi connectivity index (χ1n) is 20.7. The zero-order valence-corrected chi connectivity index (χ0v) is 32.0. The molecule has 0 N–H and O–H groups in total. The molecule has 0 aliphatic rings. The number of carbonyl (C=O) groups is 3. The first-order chi connectivity index (χ1) is 23.5. The van der Waals surface area contributed by atoms with E-state index in [-0.39, 0.29) is 31.1 Å². The van der Waals surface area contributed by atoms with Crippen molar-refractivity contribution >= 4 is 17.9 Å². The highest BCUT2D eigenvalue weighted by Gasteiger charge is 2.19. The van der Waals surface area contributed by atoms with Crippen LogP contribution in [-0.2, 0) is 28.6 Å². The molecule has 0 aromatic rings. The molecule has 0 spiro atoms. The smallest absolute Gasteiger partial charge is 0.306 e. The first-order valence-corrected chi connectivity index (χ1v) is 20.7.